The van der Waals surface area contributed by atoms with Crippen molar-refractivity contribution in [2.75, 3.05) is 5.73 Å². The van der Waals surface area contributed by atoms with Gasteiger partial charge in [0.1, 0.15) is 0 Å². The molecule has 0 saturated heterocycles. The van der Waals surface area contributed by atoms with E-state index in [9.17, 15) is 0 Å². The number of fused-ring (bicyclic) bond motifs is 1. The fraction of sp³-hybridized carbons (Fsp3) is 0.412. The maximum absolute atomic E-state index is 6.07. The van der Waals surface area contributed by atoms with Crippen molar-refractivity contribution < 1.29 is 0 Å². The lowest BCUT2D eigenvalue weighted by molar-refractivity contribution is 0.334. The molecule has 1 unspecified atom stereocenters. The molecule has 0 amide bonds. The highest BCUT2D eigenvalue weighted by atomic mass is 32.1. The van der Waals surface area contributed by atoms with Crippen LogP contribution < -0.4 is 5.73 Å². The van der Waals surface area contributed by atoms with Gasteiger partial charge >= 0.3 is 0 Å². The van der Waals surface area contributed by atoms with Crippen LogP contribution in [0.5, 0.6) is 0 Å². The van der Waals surface area contributed by atoms with Crippen LogP contribution in [0.15, 0.2) is 36.4 Å². The third-order valence-corrected chi connectivity index (χ3v) is 3.81. The fourth-order valence-electron chi connectivity index (χ4n) is 2.93. The summed E-state index contributed by atoms with van der Waals surface area (Å²) in [6.45, 7) is 8.95. The van der Waals surface area contributed by atoms with Gasteiger partial charge in [0.15, 0.2) is 0 Å². The van der Waals surface area contributed by atoms with E-state index in [-0.39, 0.29) is 10.2 Å². The molecule has 0 saturated carbocycles. The lowest BCUT2D eigenvalue weighted by atomic mass is 9.80. The van der Waals surface area contributed by atoms with Crippen molar-refractivity contribution in [3.8, 4) is 0 Å². The standard InChI is InChI=1S/C17H23NS/c1-16(2,3)11-17(4,19)14-9-5-8-13-12(14)7-6-10-15(13)18/h5-10,19H,11,18H2,1-4H3. The van der Waals surface area contributed by atoms with E-state index >= 15 is 0 Å². The summed E-state index contributed by atoms with van der Waals surface area (Å²) in [5, 5.41) is 2.33. The summed E-state index contributed by atoms with van der Waals surface area (Å²) in [5.74, 6) is 0. The summed E-state index contributed by atoms with van der Waals surface area (Å²) in [6, 6.07) is 12.4. The van der Waals surface area contributed by atoms with Crippen LogP contribution >= 0.6 is 12.6 Å². The number of hydrogen-bond acceptors (Lipinski definition) is 2. The van der Waals surface area contributed by atoms with Crippen LogP contribution in [0.25, 0.3) is 10.8 Å². The van der Waals surface area contributed by atoms with Crippen molar-refractivity contribution in [2.45, 2.75) is 38.9 Å². The summed E-state index contributed by atoms with van der Waals surface area (Å²) in [6.07, 6.45) is 1.01. The Kier molecular flexibility index (Phi) is 3.57. The first-order chi connectivity index (χ1) is 8.71. The second kappa shape index (κ2) is 4.75. The minimum atomic E-state index is -0.161. The molecule has 2 heteroatoms. The Morgan fingerprint density at radius 1 is 0.947 bits per heavy atom. The average molecular weight is 273 g/mol. The molecule has 1 nitrogen and oxygen atoms in total. The van der Waals surface area contributed by atoms with Crippen LogP contribution in [0.4, 0.5) is 5.69 Å². The Balaban J connectivity index is 2.60. The molecule has 2 rings (SSSR count). The molecule has 2 N–H and O–H groups in total. The van der Waals surface area contributed by atoms with Crippen LogP contribution in [0.2, 0.25) is 0 Å². The lowest BCUT2D eigenvalue weighted by Crippen LogP contribution is -2.22. The second-order valence-electron chi connectivity index (χ2n) is 6.76. The van der Waals surface area contributed by atoms with Gasteiger partial charge in [-0.25, -0.2) is 0 Å². The molecular weight excluding hydrogens is 250 g/mol. The average Bonchev–Trinajstić information content (AvgIpc) is 2.25. The van der Waals surface area contributed by atoms with Crippen molar-refractivity contribution in [2.24, 2.45) is 5.41 Å². The van der Waals surface area contributed by atoms with Crippen LogP contribution in [0.3, 0.4) is 0 Å². The molecule has 0 aromatic heterocycles. The molecule has 0 aliphatic heterocycles. The van der Waals surface area contributed by atoms with E-state index in [0.29, 0.717) is 0 Å². The van der Waals surface area contributed by atoms with Gasteiger partial charge in [-0.2, -0.15) is 12.6 Å². The van der Waals surface area contributed by atoms with Gasteiger partial charge < -0.3 is 5.73 Å². The van der Waals surface area contributed by atoms with Gasteiger partial charge in [0, 0.05) is 15.8 Å². The van der Waals surface area contributed by atoms with Crippen LogP contribution in [-0.4, -0.2) is 0 Å². The number of nitrogens with two attached hydrogens (primary N) is 1. The topological polar surface area (TPSA) is 26.0 Å². The van der Waals surface area contributed by atoms with Crippen molar-refractivity contribution in [1.29, 1.82) is 0 Å². The van der Waals surface area contributed by atoms with Crippen molar-refractivity contribution in [1.82, 2.24) is 0 Å². The van der Waals surface area contributed by atoms with Crippen LogP contribution in [-0.2, 0) is 4.75 Å². The molecule has 0 bridgehead atoms. The van der Waals surface area contributed by atoms with Crippen LogP contribution in [0.1, 0.15) is 39.7 Å². The molecule has 2 aromatic carbocycles. The third-order valence-electron chi connectivity index (χ3n) is 3.41. The molecule has 0 fully saturated rings. The first-order valence-electron chi connectivity index (χ1n) is 6.71. The van der Waals surface area contributed by atoms with Crippen molar-refractivity contribution in [3.63, 3.8) is 0 Å². The highest BCUT2D eigenvalue weighted by Gasteiger charge is 2.29. The molecule has 19 heavy (non-hydrogen) atoms. The van der Waals surface area contributed by atoms with E-state index in [1.54, 1.807) is 0 Å². The van der Waals surface area contributed by atoms with Gasteiger partial charge in [-0.3, -0.25) is 0 Å². The number of anilines is 1. The number of thiol groups is 1. The maximum Gasteiger partial charge on any atom is 0.0393 e. The quantitative estimate of drug-likeness (QED) is 0.584. The normalized spacial score (nSPS) is 15.4. The van der Waals surface area contributed by atoms with E-state index in [1.807, 2.05) is 12.1 Å². The summed E-state index contributed by atoms with van der Waals surface area (Å²) in [7, 11) is 0. The second-order valence-corrected chi connectivity index (χ2v) is 7.75. The smallest absolute Gasteiger partial charge is 0.0393 e. The molecular formula is C17H23NS. The maximum atomic E-state index is 6.07. The first-order valence-corrected chi connectivity index (χ1v) is 7.15. The number of nitrogen functional groups attached to an aromatic ring is 1. The zero-order valence-corrected chi connectivity index (χ0v) is 13.1. The largest absolute Gasteiger partial charge is 0.398 e. The molecule has 2 aromatic rings. The van der Waals surface area contributed by atoms with Crippen molar-refractivity contribution in [3.05, 3.63) is 42.0 Å². The zero-order chi connectivity index (χ0) is 14.3. The molecule has 102 valence electrons. The molecule has 0 spiro atoms. The summed E-state index contributed by atoms with van der Waals surface area (Å²) in [4.78, 5) is 0. The van der Waals surface area contributed by atoms with Gasteiger partial charge in [-0.15, -0.1) is 0 Å². The summed E-state index contributed by atoms with van der Waals surface area (Å²) in [5.41, 5.74) is 8.40. The van der Waals surface area contributed by atoms with E-state index in [0.717, 1.165) is 17.5 Å². The Hall–Kier alpha value is -1.15. The minimum Gasteiger partial charge on any atom is -0.398 e. The zero-order valence-electron chi connectivity index (χ0n) is 12.2. The van der Waals surface area contributed by atoms with Gasteiger partial charge in [-0.1, -0.05) is 51.1 Å². The summed E-state index contributed by atoms with van der Waals surface area (Å²) < 4.78 is -0.161. The van der Waals surface area contributed by atoms with Gasteiger partial charge in [-0.05, 0) is 35.8 Å². The van der Waals surface area contributed by atoms with E-state index in [4.69, 9.17) is 18.4 Å². The van der Waals surface area contributed by atoms with Crippen LogP contribution in [0, 0.1) is 5.41 Å². The fourth-order valence-corrected chi connectivity index (χ4v) is 3.60. The summed E-state index contributed by atoms with van der Waals surface area (Å²) >= 11 is 4.94. The SMILES string of the molecule is CC(C)(C)CC(C)(S)c1cccc2c(N)cccc12. The minimum absolute atomic E-state index is 0.161. The predicted octanol–water partition coefficient (Wildman–Crippen LogP) is 5.00. The number of hydrogen-bond donors (Lipinski definition) is 2. The number of benzene rings is 2. The van der Waals surface area contributed by atoms with Gasteiger partial charge in [0.2, 0.25) is 0 Å². The van der Waals surface area contributed by atoms with Crippen molar-refractivity contribution >= 4 is 29.1 Å². The monoisotopic (exact) mass is 273 g/mol. The third kappa shape index (κ3) is 3.06. The molecule has 1 atom stereocenters. The highest BCUT2D eigenvalue weighted by Crippen LogP contribution is 2.42. The molecule has 0 heterocycles. The Labute approximate surface area is 121 Å². The number of rotatable bonds is 2. The molecule has 0 aliphatic carbocycles. The Bertz CT molecular complexity index is 594. The molecule has 0 radical (unpaired) electrons. The van der Waals surface area contributed by atoms with E-state index in [1.165, 1.54) is 10.9 Å². The van der Waals surface area contributed by atoms with E-state index < -0.39 is 0 Å². The first kappa shape index (κ1) is 14.3. The van der Waals surface area contributed by atoms with E-state index in [2.05, 4.69) is 52.0 Å². The highest BCUT2D eigenvalue weighted by molar-refractivity contribution is 7.81. The lowest BCUT2D eigenvalue weighted by Gasteiger charge is -2.33. The molecule has 0 aliphatic rings. The predicted molar refractivity (Wildman–Crippen MR) is 88.8 cm³/mol. The Morgan fingerprint density at radius 3 is 2.16 bits per heavy atom. The van der Waals surface area contributed by atoms with Gasteiger partial charge in [0.05, 0.1) is 0 Å². The van der Waals surface area contributed by atoms with Gasteiger partial charge in [0.25, 0.3) is 0 Å². The Morgan fingerprint density at radius 2 is 1.53 bits per heavy atom.